The molecule has 7 heteroatoms. The summed E-state index contributed by atoms with van der Waals surface area (Å²) in [6.45, 7) is 8.32. The first-order valence-electron chi connectivity index (χ1n) is 14.2. The highest BCUT2D eigenvalue weighted by Gasteiger charge is 2.37. The summed E-state index contributed by atoms with van der Waals surface area (Å²) >= 11 is 1.15. The maximum absolute atomic E-state index is 14.1. The Hall–Kier alpha value is -2.82. The second kappa shape index (κ2) is 12.6. The molecule has 0 saturated heterocycles. The Morgan fingerprint density at radius 2 is 1.64 bits per heavy atom. The number of para-hydroxylation sites is 1. The zero-order valence-corrected chi connectivity index (χ0v) is 24.7. The van der Waals surface area contributed by atoms with Crippen molar-refractivity contribution in [2.24, 2.45) is 17.3 Å². The lowest BCUT2D eigenvalue weighted by molar-refractivity contribution is -0.127. The highest BCUT2D eigenvalue weighted by Crippen LogP contribution is 2.38. The number of thiophene rings is 1. The van der Waals surface area contributed by atoms with Crippen LogP contribution >= 0.6 is 11.3 Å². The minimum Gasteiger partial charge on any atom is -0.490 e. The first kappa shape index (κ1) is 29.2. The molecular formula is C32H42N2O4S. The van der Waals surface area contributed by atoms with Gasteiger partial charge in [0.2, 0.25) is 5.91 Å². The van der Waals surface area contributed by atoms with Crippen molar-refractivity contribution in [3.05, 3.63) is 46.2 Å². The molecule has 0 atom stereocenters. The third-order valence-corrected chi connectivity index (χ3v) is 8.83. The molecule has 6 nitrogen and oxygen atoms in total. The van der Waals surface area contributed by atoms with Crippen molar-refractivity contribution in [2.75, 3.05) is 12.1 Å². The van der Waals surface area contributed by atoms with Gasteiger partial charge in [-0.2, -0.15) is 0 Å². The number of amides is 1. The van der Waals surface area contributed by atoms with Gasteiger partial charge in [0.25, 0.3) is 0 Å². The number of hydrogen-bond acceptors (Lipinski definition) is 5. The average molecular weight is 551 g/mol. The van der Waals surface area contributed by atoms with E-state index in [9.17, 15) is 14.7 Å². The number of carbonyl (C=O) groups excluding carboxylic acids is 1. The van der Waals surface area contributed by atoms with Crippen molar-refractivity contribution in [3.63, 3.8) is 0 Å². The summed E-state index contributed by atoms with van der Waals surface area (Å²) < 4.78 is 6.20. The second-order valence-corrected chi connectivity index (χ2v) is 13.2. The van der Waals surface area contributed by atoms with Crippen LogP contribution < -0.4 is 9.75 Å². The van der Waals surface area contributed by atoms with Crippen LogP contribution in [0.5, 0.6) is 5.75 Å². The van der Waals surface area contributed by atoms with Gasteiger partial charge in [0.1, 0.15) is 10.6 Å². The molecule has 4 rings (SSSR count). The average Bonchev–Trinajstić information content (AvgIpc) is 3.33. The van der Waals surface area contributed by atoms with E-state index in [1.54, 1.807) is 11.1 Å². The van der Waals surface area contributed by atoms with Crippen LogP contribution in [0.25, 0.3) is 0 Å². The summed E-state index contributed by atoms with van der Waals surface area (Å²) in [6, 6.07) is 11.8. The molecule has 1 amide bonds. The summed E-state index contributed by atoms with van der Waals surface area (Å²) in [6.07, 6.45) is 7.34. The molecular weight excluding hydrogens is 508 g/mol. The lowest BCUT2D eigenvalue weighted by atomic mass is 9.82. The summed E-state index contributed by atoms with van der Waals surface area (Å²) in [7, 11) is 1.94. The number of aromatic carboxylic acids is 1. The van der Waals surface area contributed by atoms with E-state index in [1.165, 1.54) is 0 Å². The highest BCUT2D eigenvalue weighted by atomic mass is 32.1. The van der Waals surface area contributed by atoms with Crippen LogP contribution in [0.1, 0.15) is 93.6 Å². The Balaban J connectivity index is 1.60. The molecule has 2 saturated carbocycles. The molecule has 1 aromatic heterocycles. The van der Waals surface area contributed by atoms with Gasteiger partial charge in [0.05, 0.1) is 16.7 Å². The number of benzene rings is 1. The van der Waals surface area contributed by atoms with E-state index in [0.29, 0.717) is 16.5 Å². The van der Waals surface area contributed by atoms with Gasteiger partial charge >= 0.3 is 5.97 Å². The van der Waals surface area contributed by atoms with Gasteiger partial charge in [0.15, 0.2) is 0 Å². The molecule has 2 aliphatic rings. The van der Waals surface area contributed by atoms with Crippen molar-refractivity contribution in [1.82, 2.24) is 5.01 Å². The molecule has 1 aromatic carbocycles. The molecule has 0 spiro atoms. The number of rotatable bonds is 7. The van der Waals surface area contributed by atoms with Crippen LogP contribution in [0.3, 0.4) is 0 Å². The van der Waals surface area contributed by atoms with Crippen LogP contribution in [0.15, 0.2) is 36.4 Å². The first-order valence-corrected chi connectivity index (χ1v) is 15.0. The van der Waals surface area contributed by atoms with Gasteiger partial charge in [0, 0.05) is 24.4 Å². The summed E-state index contributed by atoms with van der Waals surface area (Å²) in [5, 5.41) is 13.8. The lowest BCUT2D eigenvalue weighted by Crippen LogP contribution is -2.53. The molecule has 2 fully saturated rings. The minimum absolute atomic E-state index is 0.00249. The van der Waals surface area contributed by atoms with Crippen molar-refractivity contribution < 1.29 is 19.4 Å². The quantitative estimate of drug-likeness (QED) is 0.291. The zero-order valence-electron chi connectivity index (χ0n) is 23.9. The highest BCUT2D eigenvalue weighted by molar-refractivity contribution is 7.15. The predicted molar refractivity (Wildman–Crippen MR) is 157 cm³/mol. The van der Waals surface area contributed by atoms with Crippen LogP contribution in [0, 0.1) is 29.1 Å². The fraction of sp³-hybridized carbons (Fsp3) is 0.562. The maximum Gasteiger partial charge on any atom is 0.348 e. The van der Waals surface area contributed by atoms with Crippen molar-refractivity contribution in [3.8, 4) is 17.6 Å². The fourth-order valence-corrected chi connectivity index (χ4v) is 6.35. The van der Waals surface area contributed by atoms with E-state index in [2.05, 4.69) is 18.8 Å². The van der Waals surface area contributed by atoms with E-state index >= 15 is 0 Å². The lowest BCUT2D eigenvalue weighted by Gasteiger charge is -2.42. The number of carbonyl (C=O) groups is 2. The number of hydrogen-bond donors (Lipinski definition) is 1. The molecule has 2 aromatic rings. The minimum atomic E-state index is -1.03. The van der Waals surface area contributed by atoms with Gasteiger partial charge < -0.3 is 9.84 Å². The van der Waals surface area contributed by atoms with Crippen molar-refractivity contribution in [2.45, 2.75) is 91.2 Å². The van der Waals surface area contributed by atoms with Crippen LogP contribution in [-0.2, 0) is 4.79 Å². The van der Waals surface area contributed by atoms with Gasteiger partial charge in [-0.15, -0.1) is 11.3 Å². The number of anilines is 1. The molecule has 0 radical (unpaired) electrons. The largest absolute Gasteiger partial charge is 0.490 e. The number of nitrogens with zero attached hydrogens (tertiary/aromatic N) is 2. The third-order valence-electron chi connectivity index (χ3n) is 7.80. The van der Waals surface area contributed by atoms with Crippen LogP contribution in [-0.4, -0.2) is 41.2 Å². The maximum atomic E-state index is 14.1. The van der Waals surface area contributed by atoms with Gasteiger partial charge in [-0.25, -0.2) is 14.8 Å². The molecule has 1 heterocycles. The Bertz CT molecular complexity index is 1190. The normalized spacial score (nSPS) is 23.5. The standard InChI is InChI=1S/C32H42N2O4S/c1-22-11-13-23(14-12-22)30(35)34(28-21-27(19-20-32(2,3)4)39-29(28)31(36)37)33(5)24-15-17-26(18-16-24)38-25-9-7-6-8-10-25/h6-10,21-24,26H,11-18H2,1-5H3,(H,36,37). The van der Waals surface area contributed by atoms with E-state index in [1.807, 2.05) is 63.2 Å². The summed E-state index contributed by atoms with van der Waals surface area (Å²) in [4.78, 5) is 27.4. The fourth-order valence-electron chi connectivity index (χ4n) is 5.52. The van der Waals surface area contributed by atoms with Crippen molar-refractivity contribution >= 4 is 28.9 Å². The molecule has 0 bridgehead atoms. The summed E-state index contributed by atoms with van der Waals surface area (Å²) in [5.74, 6) is 6.74. The SMILES string of the molecule is CC1CCC(C(=O)N(c2cc(C#CC(C)(C)C)sc2C(=O)O)N(C)C2CCC(Oc3ccccc3)CC2)CC1. The molecule has 1 N–H and O–H groups in total. The van der Waals surface area contributed by atoms with E-state index < -0.39 is 5.97 Å². The Kier molecular flexibility index (Phi) is 9.40. The number of carboxylic acids is 1. The molecule has 2 aliphatic carbocycles. The van der Waals surface area contributed by atoms with Crippen LogP contribution in [0.4, 0.5) is 5.69 Å². The Morgan fingerprint density at radius 1 is 1.00 bits per heavy atom. The smallest absolute Gasteiger partial charge is 0.348 e. The zero-order chi connectivity index (χ0) is 28.2. The van der Waals surface area contributed by atoms with E-state index in [-0.39, 0.29) is 34.3 Å². The number of carboxylic acid groups (broad SMARTS) is 1. The Labute approximate surface area is 237 Å². The van der Waals surface area contributed by atoms with Crippen LogP contribution in [0.2, 0.25) is 0 Å². The summed E-state index contributed by atoms with van der Waals surface area (Å²) in [5.41, 5.74) is 0.235. The van der Waals surface area contributed by atoms with E-state index in [4.69, 9.17) is 4.74 Å². The van der Waals surface area contributed by atoms with E-state index in [0.717, 1.165) is 68.5 Å². The second-order valence-electron chi connectivity index (χ2n) is 12.2. The van der Waals surface area contributed by atoms with Crippen molar-refractivity contribution in [1.29, 1.82) is 0 Å². The molecule has 0 unspecified atom stereocenters. The Morgan fingerprint density at radius 3 is 2.23 bits per heavy atom. The van der Waals surface area contributed by atoms with Gasteiger partial charge in [-0.1, -0.05) is 37.0 Å². The van der Waals surface area contributed by atoms with Gasteiger partial charge in [-0.05, 0) is 96.3 Å². The first-order chi connectivity index (χ1) is 18.5. The molecule has 39 heavy (non-hydrogen) atoms. The molecule has 210 valence electrons. The third kappa shape index (κ3) is 7.64. The predicted octanol–water partition coefficient (Wildman–Crippen LogP) is 7.24. The number of ether oxygens (including phenoxy) is 1. The monoisotopic (exact) mass is 550 g/mol. The number of hydrazine groups is 1. The van der Waals surface area contributed by atoms with Gasteiger partial charge in [-0.3, -0.25) is 4.79 Å². The molecule has 0 aliphatic heterocycles. The topological polar surface area (TPSA) is 70.1 Å².